The number of thioether (sulfide) groups is 4. The minimum atomic E-state index is -3.21. The Kier molecular flexibility index (Phi) is 16.2. The molecule has 0 saturated carbocycles. The molecule has 14 nitrogen and oxygen atoms in total. The second-order valence-corrected chi connectivity index (χ2v) is 18.9. The van der Waals surface area contributed by atoms with Crippen molar-refractivity contribution in [2.24, 2.45) is 0 Å². The molecule has 2 fully saturated rings. The van der Waals surface area contributed by atoms with Crippen molar-refractivity contribution >= 4 is 70.2 Å². The van der Waals surface area contributed by atoms with Crippen LogP contribution in [0, 0.1) is 20.2 Å². The molecule has 0 aliphatic carbocycles. The Balaban J connectivity index is 1.62. The summed E-state index contributed by atoms with van der Waals surface area (Å²) in [5, 5.41) is 24.5. The van der Waals surface area contributed by atoms with Gasteiger partial charge in [-0.15, -0.1) is 47.0 Å². The topological polar surface area (TPSA) is 164 Å². The van der Waals surface area contributed by atoms with Gasteiger partial charge in [-0.1, -0.05) is 27.7 Å². The van der Waals surface area contributed by atoms with Crippen LogP contribution >= 0.6 is 47.0 Å². The Morgan fingerprint density at radius 3 is 1.30 bits per heavy atom. The lowest BCUT2D eigenvalue weighted by Gasteiger charge is -2.30. The number of halogens is 4. The Hall–Kier alpha value is -3.50. The van der Waals surface area contributed by atoms with Gasteiger partial charge < -0.3 is 28.7 Å². The van der Waals surface area contributed by atoms with E-state index in [9.17, 15) is 47.4 Å². The predicted molar refractivity (Wildman–Crippen MR) is 214 cm³/mol. The van der Waals surface area contributed by atoms with Crippen molar-refractivity contribution in [1.29, 1.82) is 0 Å². The van der Waals surface area contributed by atoms with Crippen molar-refractivity contribution in [3.8, 4) is 23.0 Å². The molecule has 2 saturated heterocycles. The summed E-state index contributed by atoms with van der Waals surface area (Å²) in [5.41, 5.74) is -2.52. The highest BCUT2D eigenvalue weighted by molar-refractivity contribution is 8.17. The van der Waals surface area contributed by atoms with E-state index >= 15 is 0 Å². The minimum absolute atomic E-state index is 0.186. The van der Waals surface area contributed by atoms with E-state index in [0.29, 0.717) is 23.0 Å². The zero-order valence-electron chi connectivity index (χ0n) is 32.0. The van der Waals surface area contributed by atoms with Crippen molar-refractivity contribution in [1.82, 2.24) is 9.80 Å². The summed E-state index contributed by atoms with van der Waals surface area (Å²) >= 11 is 5.64. The number of rotatable bonds is 20. The molecule has 2 aliphatic heterocycles. The fourth-order valence-corrected chi connectivity index (χ4v) is 12.2. The summed E-state index contributed by atoms with van der Waals surface area (Å²) in [4.78, 5) is 52.4. The first-order valence-electron chi connectivity index (χ1n) is 17.8. The first kappa shape index (κ1) is 46.2. The van der Waals surface area contributed by atoms with Crippen LogP contribution in [0.15, 0.2) is 24.3 Å². The molecule has 2 aliphatic rings. The Labute approximate surface area is 344 Å². The molecule has 316 valence electrons. The van der Waals surface area contributed by atoms with E-state index in [0.717, 1.165) is 34.1 Å². The number of nitrogens with zero attached hydrogens (tertiary/aromatic N) is 4. The molecule has 2 heterocycles. The number of hydrogen-bond donors (Lipinski definition) is 0. The molecule has 57 heavy (non-hydrogen) atoms. The second-order valence-electron chi connectivity index (χ2n) is 12.6. The molecule has 0 spiro atoms. The summed E-state index contributed by atoms with van der Waals surface area (Å²) in [5.74, 6) is -6.95. The molecule has 0 aromatic heterocycles. The highest BCUT2D eigenvalue weighted by Gasteiger charge is 2.52. The van der Waals surface area contributed by atoms with Crippen molar-refractivity contribution in [2.75, 3.05) is 57.1 Å². The van der Waals surface area contributed by atoms with Crippen molar-refractivity contribution < 1.29 is 55.9 Å². The van der Waals surface area contributed by atoms with Gasteiger partial charge in [-0.05, 0) is 23.0 Å². The van der Waals surface area contributed by atoms with Crippen molar-refractivity contribution in [3.63, 3.8) is 0 Å². The molecule has 4 rings (SSSR count). The molecular weight excluding hydrogens is 841 g/mol. The van der Waals surface area contributed by atoms with Crippen LogP contribution in [0.25, 0.3) is 0 Å². The van der Waals surface area contributed by atoms with Gasteiger partial charge in [0.2, 0.25) is 6.79 Å². The molecule has 22 heteroatoms. The average Bonchev–Trinajstić information content (AvgIpc) is 3.67. The van der Waals surface area contributed by atoms with Crippen LogP contribution in [0.4, 0.5) is 28.9 Å². The van der Waals surface area contributed by atoms with Gasteiger partial charge in [0, 0.05) is 25.0 Å². The summed E-state index contributed by atoms with van der Waals surface area (Å²) in [7, 11) is 2.38. The maximum atomic E-state index is 14.8. The zero-order valence-corrected chi connectivity index (χ0v) is 35.3. The monoisotopic (exact) mass is 884 g/mol. The van der Waals surface area contributed by atoms with Crippen LogP contribution in [0.2, 0.25) is 0 Å². The van der Waals surface area contributed by atoms with Gasteiger partial charge >= 0.3 is 0 Å². The summed E-state index contributed by atoms with van der Waals surface area (Å²) in [6.45, 7) is 4.85. The molecule has 2 aromatic carbocycles. The molecule has 2 atom stereocenters. The average molecular weight is 885 g/mol. The number of benzene rings is 2. The number of amides is 2. The number of carbonyl (C=O) groups excluding carboxylic acids is 2. The van der Waals surface area contributed by atoms with E-state index in [2.05, 4.69) is 0 Å². The third-order valence-corrected chi connectivity index (χ3v) is 14.5. The highest BCUT2D eigenvalue weighted by atomic mass is 32.2. The van der Waals surface area contributed by atoms with Crippen LogP contribution < -0.4 is 18.9 Å². The van der Waals surface area contributed by atoms with E-state index in [-0.39, 0.29) is 23.0 Å². The third-order valence-electron chi connectivity index (χ3n) is 8.94. The highest BCUT2D eigenvalue weighted by Crippen LogP contribution is 2.45. The second kappa shape index (κ2) is 20.0. The Morgan fingerprint density at radius 2 is 1.02 bits per heavy atom. The smallest absolute Gasteiger partial charge is 0.286 e. The van der Waals surface area contributed by atoms with E-state index < -0.39 is 110 Å². The Bertz CT molecular complexity index is 1660. The minimum Gasteiger partial charge on any atom is -0.493 e. The first-order valence-corrected chi connectivity index (χ1v) is 22.0. The molecule has 2 amide bonds. The maximum Gasteiger partial charge on any atom is 0.286 e. The van der Waals surface area contributed by atoms with E-state index in [1.54, 1.807) is 0 Å². The van der Waals surface area contributed by atoms with Crippen LogP contribution in [0.5, 0.6) is 23.0 Å². The van der Waals surface area contributed by atoms with Gasteiger partial charge in [0.15, 0.2) is 23.0 Å². The molecule has 0 N–H and O–H groups in total. The van der Waals surface area contributed by atoms with Gasteiger partial charge in [0.1, 0.15) is 11.1 Å². The molecule has 2 aromatic rings. The Morgan fingerprint density at radius 1 is 0.684 bits per heavy atom. The summed E-state index contributed by atoms with van der Waals surface area (Å²) in [6, 6.07) is 1.97. The van der Waals surface area contributed by atoms with E-state index in [1.165, 1.54) is 61.3 Å². The van der Waals surface area contributed by atoms with Crippen molar-refractivity contribution in [2.45, 2.75) is 73.6 Å². The molecule has 0 radical (unpaired) electrons. The fraction of sp³-hybridized carbons (Fsp3) is 0.600. The van der Waals surface area contributed by atoms with Crippen LogP contribution in [-0.2, 0) is 0 Å². The van der Waals surface area contributed by atoms with Crippen LogP contribution in [0.3, 0.4) is 0 Å². The maximum absolute atomic E-state index is 14.8. The van der Waals surface area contributed by atoms with Gasteiger partial charge in [-0.3, -0.25) is 29.8 Å². The zero-order chi connectivity index (χ0) is 42.2. The predicted octanol–water partition coefficient (Wildman–Crippen LogP) is 8.30. The lowest BCUT2D eigenvalue weighted by atomic mass is 10.1. The first-order chi connectivity index (χ1) is 27.0. The molecule has 0 bridgehead atoms. The van der Waals surface area contributed by atoms with E-state index in [4.69, 9.17) is 18.9 Å². The standard InChI is InChI=1S/C35H44F4N4O10S4/c1-7-54-32(55-8-2)24-15-34(36,37)17-40(24)30(44)20-11-26(50-5)28(13-22(20)42(46)47)52-19-53-29-14-23(43(48)49)21(12-27(29)51-6)31(45)41-18-35(38,39)16-25(41)33(56-9-3)57-10-4/h11-14,24-25,32-33H,7-10,15-19H2,1-6H3/t24-,25-/m0/s1. The summed E-state index contributed by atoms with van der Waals surface area (Å²) in [6.07, 6.45) is -1.20. The third kappa shape index (κ3) is 11.0. The molecule has 0 unspecified atom stereocenters. The normalized spacial score (nSPS) is 18.6. The number of carbonyl (C=O) groups is 2. The number of ether oxygens (including phenoxy) is 4. The van der Waals surface area contributed by atoms with Crippen LogP contribution in [0.1, 0.15) is 61.3 Å². The lowest BCUT2D eigenvalue weighted by molar-refractivity contribution is -0.385. The lowest BCUT2D eigenvalue weighted by Crippen LogP contribution is -2.41. The largest absolute Gasteiger partial charge is 0.493 e. The van der Waals surface area contributed by atoms with Crippen LogP contribution in [-0.4, -0.2) is 122 Å². The number of methoxy groups -OCH3 is 2. The van der Waals surface area contributed by atoms with Crippen molar-refractivity contribution in [3.05, 3.63) is 55.6 Å². The summed E-state index contributed by atoms with van der Waals surface area (Å²) < 4.78 is 80.3. The number of nitro benzene ring substituents is 2. The fourth-order valence-electron chi connectivity index (χ4n) is 6.58. The number of nitro groups is 2. The SMILES string of the molecule is CCSC(SCC)[C@@H]1CC(F)(F)CN1C(=O)c1cc(OC)c(OCOc2cc([N+](=O)[O-])c(C(=O)N3CC(F)(F)C[C@H]3C(SCC)SCC)cc2OC)cc1[N+](=O)[O-]. The van der Waals surface area contributed by atoms with Gasteiger partial charge in [-0.2, -0.15) is 0 Å². The van der Waals surface area contributed by atoms with Gasteiger partial charge in [0.05, 0.1) is 70.5 Å². The van der Waals surface area contributed by atoms with E-state index in [1.807, 2.05) is 27.7 Å². The number of alkyl halides is 4. The van der Waals surface area contributed by atoms with Gasteiger partial charge in [-0.25, -0.2) is 17.6 Å². The number of hydrogen-bond acceptors (Lipinski definition) is 14. The number of likely N-dealkylation sites (tertiary alicyclic amines) is 2. The quantitative estimate of drug-likeness (QED) is 0.0540. The van der Waals surface area contributed by atoms with Gasteiger partial charge in [0.25, 0.3) is 35.0 Å². The molecular formula is C35H44F4N4O10S4.